The third-order valence-electron chi connectivity index (χ3n) is 2.80. The number of nitrogens with one attached hydrogen (secondary N) is 1. The van der Waals surface area contributed by atoms with Gasteiger partial charge in [0.15, 0.2) is 0 Å². The summed E-state index contributed by atoms with van der Waals surface area (Å²) in [6.07, 6.45) is -1.39. The lowest BCUT2D eigenvalue weighted by atomic mass is 10.1. The molecule has 1 heterocycles. The van der Waals surface area contributed by atoms with E-state index in [4.69, 9.17) is 5.73 Å². The second kappa shape index (κ2) is 5.82. The van der Waals surface area contributed by atoms with Crippen molar-refractivity contribution in [2.75, 3.05) is 5.73 Å². The third kappa shape index (κ3) is 3.71. The molecule has 3 N–H and O–H groups in total. The summed E-state index contributed by atoms with van der Waals surface area (Å²) in [5.41, 5.74) is 5.17. The topological polar surface area (TPSA) is 68.0 Å². The Kier molecular flexibility index (Phi) is 4.11. The Balaban J connectivity index is 2.15. The van der Waals surface area contributed by atoms with Crippen molar-refractivity contribution in [3.8, 4) is 0 Å². The van der Waals surface area contributed by atoms with Gasteiger partial charge in [-0.3, -0.25) is 9.78 Å². The molecule has 4 nitrogen and oxygen atoms in total. The maximum absolute atomic E-state index is 12.6. The number of carbonyl (C=O) groups excluding carboxylic acids is 1. The molecule has 1 aromatic carbocycles. The number of nitrogens with two attached hydrogens (primary N) is 1. The molecule has 0 radical (unpaired) electrons. The van der Waals surface area contributed by atoms with Crippen LogP contribution in [0.3, 0.4) is 0 Å². The van der Waals surface area contributed by atoms with Crippen LogP contribution in [0.5, 0.6) is 0 Å². The van der Waals surface area contributed by atoms with Gasteiger partial charge in [-0.2, -0.15) is 13.2 Å². The lowest BCUT2D eigenvalue weighted by molar-refractivity contribution is -0.137. The van der Waals surface area contributed by atoms with Gasteiger partial charge in [0, 0.05) is 24.6 Å². The number of aromatic nitrogens is 1. The molecule has 2 rings (SSSR count). The number of pyridine rings is 1. The van der Waals surface area contributed by atoms with Gasteiger partial charge >= 0.3 is 6.18 Å². The normalized spacial score (nSPS) is 11.2. The summed E-state index contributed by atoms with van der Waals surface area (Å²) in [5.74, 6) is -0.664. The van der Waals surface area contributed by atoms with Crippen LogP contribution in [0.2, 0.25) is 0 Å². The van der Waals surface area contributed by atoms with Crippen LogP contribution >= 0.6 is 0 Å². The zero-order valence-electron chi connectivity index (χ0n) is 10.8. The van der Waals surface area contributed by atoms with E-state index in [1.807, 2.05) is 0 Å². The Morgan fingerprint density at radius 2 is 2.05 bits per heavy atom. The molecule has 0 aliphatic rings. The standard InChI is InChI=1S/C14H12F3N3O/c15-14(16,17)10-3-4-12(18)11(6-10)13(21)20-8-9-2-1-5-19-7-9/h1-7H,8,18H2,(H,20,21). The summed E-state index contributed by atoms with van der Waals surface area (Å²) in [7, 11) is 0. The highest BCUT2D eigenvalue weighted by atomic mass is 19.4. The Labute approximate surface area is 118 Å². The van der Waals surface area contributed by atoms with Gasteiger partial charge in [-0.05, 0) is 29.8 Å². The molecular weight excluding hydrogens is 283 g/mol. The number of amides is 1. The van der Waals surface area contributed by atoms with Gasteiger partial charge in [0.1, 0.15) is 0 Å². The number of nitrogens with zero attached hydrogens (tertiary/aromatic N) is 1. The summed E-state index contributed by atoms with van der Waals surface area (Å²) >= 11 is 0. The molecule has 0 atom stereocenters. The van der Waals surface area contributed by atoms with Crippen LogP contribution in [0.25, 0.3) is 0 Å². The van der Waals surface area contributed by atoms with Gasteiger partial charge < -0.3 is 11.1 Å². The number of anilines is 1. The van der Waals surface area contributed by atoms with Gasteiger partial charge in [0.25, 0.3) is 5.91 Å². The fraction of sp³-hybridized carbons (Fsp3) is 0.143. The average Bonchev–Trinajstić information content (AvgIpc) is 2.45. The quantitative estimate of drug-likeness (QED) is 0.855. The third-order valence-corrected chi connectivity index (χ3v) is 2.80. The van der Waals surface area contributed by atoms with Gasteiger partial charge in [-0.15, -0.1) is 0 Å². The van der Waals surface area contributed by atoms with E-state index in [0.717, 1.165) is 23.8 Å². The van der Waals surface area contributed by atoms with Crippen LogP contribution < -0.4 is 11.1 Å². The number of hydrogen-bond donors (Lipinski definition) is 2. The predicted molar refractivity (Wildman–Crippen MR) is 71.3 cm³/mol. The molecule has 0 saturated carbocycles. The lowest BCUT2D eigenvalue weighted by Gasteiger charge is -2.11. The summed E-state index contributed by atoms with van der Waals surface area (Å²) in [6, 6.07) is 6.09. The van der Waals surface area contributed by atoms with Crippen LogP contribution in [-0.4, -0.2) is 10.9 Å². The zero-order valence-corrected chi connectivity index (χ0v) is 10.8. The van der Waals surface area contributed by atoms with Crippen LogP contribution in [-0.2, 0) is 12.7 Å². The Hall–Kier alpha value is -2.57. The fourth-order valence-electron chi connectivity index (χ4n) is 1.71. The van der Waals surface area contributed by atoms with Crippen LogP contribution in [0.15, 0.2) is 42.7 Å². The zero-order chi connectivity index (χ0) is 15.5. The van der Waals surface area contributed by atoms with Crippen LogP contribution in [0.1, 0.15) is 21.5 Å². The highest BCUT2D eigenvalue weighted by Crippen LogP contribution is 2.31. The molecule has 0 spiro atoms. The Morgan fingerprint density at radius 3 is 2.67 bits per heavy atom. The second-order valence-corrected chi connectivity index (χ2v) is 4.34. The summed E-state index contributed by atoms with van der Waals surface area (Å²) in [6.45, 7) is 0.155. The van der Waals surface area contributed by atoms with Crippen molar-refractivity contribution < 1.29 is 18.0 Å². The number of nitrogen functional groups attached to an aromatic ring is 1. The molecule has 21 heavy (non-hydrogen) atoms. The molecule has 0 aliphatic carbocycles. The minimum absolute atomic E-state index is 0.00770. The number of halogens is 3. The Bertz CT molecular complexity index is 642. The van der Waals surface area contributed by atoms with E-state index in [1.165, 1.54) is 0 Å². The molecule has 0 fully saturated rings. The summed E-state index contributed by atoms with van der Waals surface area (Å²) in [5, 5.41) is 2.51. The first-order valence-corrected chi connectivity index (χ1v) is 6.02. The fourth-order valence-corrected chi connectivity index (χ4v) is 1.71. The highest BCUT2D eigenvalue weighted by Gasteiger charge is 2.31. The maximum atomic E-state index is 12.6. The van der Waals surface area contributed by atoms with Gasteiger partial charge in [-0.1, -0.05) is 6.07 Å². The molecule has 110 valence electrons. The van der Waals surface area contributed by atoms with Gasteiger partial charge in [0.05, 0.1) is 11.1 Å². The molecule has 7 heteroatoms. The van der Waals surface area contributed by atoms with Crippen LogP contribution in [0, 0.1) is 0 Å². The average molecular weight is 295 g/mol. The first-order valence-electron chi connectivity index (χ1n) is 6.02. The minimum Gasteiger partial charge on any atom is -0.398 e. The first-order chi connectivity index (χ1) is 9.88. The number of carbonyl (C=O) groups is 1. The van der Waals surface area contributed by atoms with Crippen LogP contribution in [0.4, 0.5) is 18.9 Å². The molecule has 0 aliphatic heterocycles. The molecular formula is C14H12F3N3O. The lowest BCUT2D eigenvalue weighted by Crippen LogP contribution is -2.24. The monoisotopic (exact) mass is 295 g/mol. The van der Waals surface area contributed by atoms with E-state index in [0.29, 0.717) is 0 Å². The van der Waals surface area contributed by atoms with Gasteiger partial charge in [0.2, 0.25) is 0 Å². The van der Waals surface area contributed by atoms with Crippen molar-refractivity contribution in [1.29, 1.82) is 0 Å². The second-order valence-electron chi connectivity index (χ2n) is 4.34. The van der Waals surface area contributed by atoms with Crippen molar-refractivity contribution in [3.63, 3.8) is 0 Å². The number of benzene rings is 1. The number of rotatable bonds is 3. The SMILES string of the molecule is Nc1ccc(C(F)(F)F)cc1C(=O)NCc1cccnc1. The molecule has 0 unspecified atom stereocenters. The van der Waals surface area contributed by atoms with Crippen molar-refractivity contribution in [2.24, 2.45) is 0 Å². The molecule has 1 amide bonds. The van der Waals surface area contributed by atoms with E-state index >= 15 is 0 Å². The molecule has 0 bridgehead atoms. The largest absolute Gasteiger partial charge is 0.416 e. The summed E-state index contributed by atoms with van der Waals surface area (Å²) < 4.78 is 37.9. The minimum atomic E-state index is -4.52. The predicted octanol–water partition coefficient (Wildman–Crippen LogP) is 2.61. The van der Waals surface area contributed by atoms with Gasteiger partial charge in [-0.25, -0.2) is 0 Å². The highest BCUT2D eigenvalue weighted by molar-refractivity contribution is 5.99. The first kappa shape index (κ1) is 14.8. The molecule has 1 aromatic heterocycles. The van der Waals surface area contributed by atoms with Crippen molar-refractivity contribution >= 4 is 11.6 Å². The van der Waals surface area contributed by atoms with E-state index in [-0.39, 0.29) is 17.8 Å². The summed E-state index contributed by atoms with van der Waals surface area (Å²) in [4.78, 5) is 15.8. The van der Waals surface area contributed by atoms with Crippen molar-refractivity contribution in [3.05, 3.63) is 59.4 Å². The van der Waals surface area contributed by atoms with E-state index in [9.17, 15) is 18.0 Å². The van der Waals surface area contributed by atoms with E-state index in [1.54, 1.807) is 24.5 Å². The molecule has 2 aromatic rings. The van der Waals surface area contributed by atoms with E-state index < -0.39 is 17.6 Å². The van der Waals surface area contributed by atoms with Crippen molar-refractivity contribution in [1.82, 2.24) is 10.3 Å². The maximum Gasteiger partial charge on any atom is 0.416 e. The Morgan fingerprint density at radius 1 is 1.29 bits per heavy atom. The number of hydrogen-bond acceptors (Lipinski definition) is 3. The van der Waals surface area contributed by atoms with E-state index in [2.05, 4.69) is 10.3 Å². The molecule has 0 saturated heterocycles. The number of alkyl halides is 3. The smallest absolute Gasteiger partial charge is 0.398 e. The van der Waals surface area contributed by atoms with Crippen molar-refractivity contribution in [2.45, 2.75) is 12.7 Å².